The Labute approximate surface area is 199 Å². The van der Waals surface area contributed by atoms with Crippen LogP contribution in [0.25, 0.3) is 0 Å². The maximum atomic E-state index is 12.7. The van der Waals surface area contributed by atoms with Gasteiger partial charge in [0.15, 0.2) is 0 Å². The van der Waals surface area contributed by atoms with Gasteiger partial charge in [0, 0.05) is 25.0 Å². The molecule has 1 aliphatic heterocycles. The summed E-state index contributed by atoms with van der Waals surface area (Å²) in [4.78, 5) is 25.1. The van der Waals surface area contributed by atoms with Gasteiger partial charge in [-0.2, -0.15) is 0 Å². The second-order valence-electron chi connectivity index (χ2n) is 13.1. The van der Waals surface area contributed by atoms with Crippen LogP contribution in [0.15, 0.2) is 11.6 Å². The topological polar surface area (TPSA) is 61.8 Å². The van der Waals surface area contributed by atoms with Gasteiger partial charge >= 0.3 is 11.9 Å². The summed E-state index contributed by atoms with van der Waals surface area (Å²) in [6.45, 7) is 13.7. The Morgan fingerprint density at radius 1 is 1.03 bits per heavy atom. The van der Waals surface area contributed by atoms with Gasteiger partial charge in [0.1, 0.15) is 6.10 Å². The molecule has 4 fully saturated rings. The van der Waals surface area contributed by atoms with E-state index in [1.807, 2.05) is 0 Å². The molecule has 0 N–H and O–H groups in total. The van der Waals surface area contributed by atoms with Crippen LogP contribution in [-0.2, 0) is 23.8 Å². The third-order valence-corrected chi connectivity index (χ3v) is 11.4. The molecule has 0 aromatic carbocycles. The predicted octanol–water partition coefficient (Wildman–Crippen LogP) is 5.67. The van der Waals surface area contributed by atoms with Gasteiger partial charge in [-0.1, -0.05) is 47.1 Å². The first-order valence-corrected chi connectivity index (χ1v) is 13.0. The summed E-state index contributed by atoms with van der Waals surface area (Å²) < 4.78 is 17.5. The van der Waals surface area contributed by atoms with Crippen LogP contribution in [0.5, 0.6) is 0 Å². The zero-order valence-electron chi connectivity index (χ0n) is 21.5. The number of ether oxygens (including phenoxy) is 3. The predicted molar refractivity (Wildman–Crippen MR) is 125 cm³/mol. The molecule has 5 rings (SSSR count). The van der Waals surface area contributed by atoms with Crippen LogP contribution in [0, 0.1) is 45.3 Å². The summed E-state index contributed by atoms with van der Waals surface area (Å²) >= 11 is 0. The second kappa shape index (κ2) is 7.32. The van der Waals surface area contributed by atoms with Gasteiger partial charge in [-0.3, -0.25) is 4.79 Å². The molecule has 33 heavy (non-hydrogen) atoms. The monoisotopic (exact) mass is 458 g/mol. The molecule has 1 saturated heterocycles. The van der Waals surface area contributed by atoms with E-state index in [2.05, 4.69) is 40.7 Å². The van der Waals surface area contributed by atoms with E-state index in [4.69, 9.17) is 14.2 Å². The minimum absolute atomic E-state index is 0.121. The first kappa shape index (κ1) is 23.4. The van der Waals surface area contributed by atoms with E-state index < -0.39 is 11.7 Å². The fourth-order valence-corrected chi connectivity index (χ4v) is 10.1. The van der Waals surface area contributed by atoms with E-state index in [9.17, 15) is 9.59 Å². The molecule has 184 valence electrons. The number of methoxy groups -OCH3 is 1. The normalized spacial score (nSPS) is 50.2. The number of fused-ring (bicyclic) bond motifs is 7. The largest absolute Gasteiger partial charge is 0.462 e. The van der Waals surface area contributed by atoms with Crippen molar-refractivity contribution in [1.29, 1.82) is 0 Å². The highest BCUT2D eigenvalue weighted by atomic mass is 16.7. The van der Waals surface area contributed by atoms with E-state index >= 15 is 0 Å². The van der Waals surface area contributed by atoms with Crippen molar-refractivity contribution >= 4 is 11.9 Å². The molecule has 5 aliphatic rings. The minimum Gasteiger partial charge on any atom is -0.462 e. The number of esters is 2. The van der Waals surface area contributed by atoms with Crippen molar-refractivity contribution in [1.82, 2.24) is 0 Å². The van der Waals surface area contributed by atoms with E-state index in [1.54, 1.807) is 7.11 Å². The van der Waals surface area contributed by atoms with Crippen molar-refractivity contribution in [3.05, 3.63) is 11.6 Å². The lowest BCUT2D eigenvalue weighted by Gasteiger charge is -2.70. The van der Waals surface area contributed by atoms with Crippen molar-refractivity contribution in [2.24, 2.45) is 45.3 Å². The van der Waals surface area contributed by atoms with Gasteiger partial charge in [-0.15, -0.1) is 0 Å². The Bertz CT molecular complexity index is 891. The third-order valence-electron chi connectivity index (χ3n) is 11.4. The lowest BCUT2D eigenvalue weighted by atomic mass is 9.34. The summed E-state index contributed by atoms with van der Waals surface area (Å²) in [5, 5.41) is 0. The van der Waals surface area contributed by atoms with Crippen LogP contribution in [-0.4, -0.2) is 31.4 Å². The van der Waals surface area contributed by atoms with Crippen LogP contribution in [0.1, 0.15) is 86.5 Å². The standard InChI is InChI=1S/C28H42O5/c1-16(29)32-21-15-20-26(4)13-8-12-25(2,3)18(26)11-14-27(20,5)19-10-9-17-22(28(19,21)6)24(31-7)33-23(17)30/h9,18-22,24H,8,10-15H2,1-7H3/t18-,19-,20+,21+,22+,24+,26-,27-,28+/m0/s1. The van der Waals surface area contributed by atoms with Gasteiger partial charge in [0.25, 0.3) is 0 Å². The lowest BCUT2D eigenvalue weighted by Crippen LogP contribution is -2.67. The number of allylic oxidation sites excluding steroid dienone is 1. The molecule has 3 saturated carbocycles. The molecule has 1 heterocycles. The van der Waals surface area contributed by atoms with Crippen LogP contribution >= 0.6 is 0 Å². The molecule has 4 aliphatic carbocycles. The van der Waals surface area contributed by atoms with Crippen molar-refractivity contribution in [3.8, 4) is 0 Å². The molecule has 9 atom stereocenters. The zero-order valence-corrected chi connectivity index (χ0v) is 21.5. The van der Waals surface area contributed by atoms with Crippen molar-refractivity contribution in [2.75, 3.05) is 7.11 Å². The Hall–Kier alpha value is -1.36. The maximum Gasteiger partial charge on any atom is 0.336 e. The molecule has 5 nitrogen and oxygen atoms in total. The van der Waals surface area contributed by atoms with E-state index in [0.717, 1.165) is 18.4 Å². The fourth-order valence-electron chi connectivity index (χ4n) is 10.1. The molecule has 0 spiro atoms. The average molecular weight is 459 g/mol. The summed E-state index contributed by atoms with van der Waals surface area (Å²) in [7, 11) is 1.61. The van der Waals surface area contributed by atoms with Crippen LogP contribution in [0.2, 0.25) is 0 Å². The SMILES string of the molecule is CO[C@@H]1OC(=O)C2=CC[C@H]3[C@]4(C)CC[C@H]5C(C)(C)CCC[C@]5(C)[C@H]4C[C@@H](OC(C)=O)[C@]3(C)[C@H]21. The quantitative estimate of drug-likeness (QED) is 0.499. The van der Waals surface area contributed by atoms with E-state index in [1.165, 1.54) is 39.0 Å². The molecule has 0 radical (unpaired) electrons. The average Bonchev–Trinajstić information content (AvgIpc) is 3.05. The molecule has 0 bridgehead atoms. The Kier molecular flexibility index (Phi) is 5.19. The van der Waals surface area contributed by atoms with E-state index in [-0.39, 0.29) is 34.8 Å². The fraction of sp³-hybridized carbons (Fsp3) is 0.857. The molecule has 0 unspecified atom stereocenters. The Morgan fingerprint density at radius 3 is 2.39 bits per heavy atom. The number of carbonyl (C=O) groups excluding carboxylic acids is 2. The molecular weight excluding hydrogens is 416 g/mol. The van der Waals surface area contributed by atoms with Crippen molar-refractivity contribution in [2.45, 2.75) is 98.9 Å². The minimum atomic E-state index is -0.615. The van der Waals surface area contributed by atoms with Crippen LogP contribution in [0.4, 0.5) is 0 Å². The summed E-state index contributed by atoms with van der Waals surface area (Å²) in [6.07, 6.45) is 9.23. The number of hydrogen-bond donors (Lipinski definition) is 0. The highest BCUT2D eigenvalue weighted by Crippen LogP contribution is 2.74. The summed E-state index contributed by atoms with van der Waals surface area (Å²) in [5.74, 6) is 0.767. The second-order valence-corrected chi connectivity index (χ2v) is 13.1. The van der Waals surface area contributed by atoms with Crippen molar-refractivity contribution in [3.63, 3.8) is 0 Å². The zero-order chi connectivity index (χ0) is 24.0. The molecular formula is C28H42O5. The number of cyclic esters (lactones) is 1. The van der Waals surface area contributed by atoms with Crippen molar-refractivity contribution < 1.29 is 23.8 Å². The van der Waals surface area contributed by atoms with Gasteiger partial charge < -0.3 is 14.2 Å². The number of rotatable bonds is 2. The molecule has 0 aromatic rings. The van der Waals surface area contributed by atoms with Gasteiger partial charge in [0.2, 0.25) is 6.29 Å². The highest BCUT2D eigenvalue weighted by Gasteiger charge is 2.71. The van der Waals surface area contributed by atoms with Gasteiger partial charge in [0.05, 0.1) is 5.92 Å². The van der Waals surface area contributed by atoms with Crippen LogP contribution < -0.4 is 0 Å². The molecule has 5 heteroatoms. The molecule has 0 aromatic heterocycles. The first-order chi connectivity index (χ1) is 15.4. The maximum absolute atomic E-state index is 12.7. The molecule has 0 amide bonds. The Morgan fingerprint density at radius 2 is 1.73 bits per heavy atom. The summed E-state index contributed by atoms with van der Waals surface area (Å²) in [5.41, 5.74) is 1.02. The lowest BCUT2D eigenvalue weighted by molar-refractivity contribution is -0.254. The third kappa shape index (κ3) is 2.99. The number of carbonyl (C=O) groups is 2. The highest BCUT2D eigenvalue weighted by molar-refractivity contribution is 5.92. The van der Waals surface area contributed by atoms with Gasteiger partial charge in [-0.05, 0) is 72.5 Å². The number of hydrogen-bond acceptors (Lipinski definition) is 5. The Balaban J connectivity index is 1.64. The summed E-state index contributed by atoms with van der Waals surface area (Å²) in [6, 6.07) is 0. The smallest absolute Gasteiger partial charge is 0.336 e. The van der Waals surface area contributed by atoms with Crippen LogP contribution in [0.3, 0.4) is 0 Å². The van der Waals surface area contributed by atoms with Gasteiger partial charge in [-0.25, -0.2) is 4.79 Å². The first-order valence-electron chi connectivity index (χ1n) is 13.0. The van der Waals surface area contributed by atoms with E-state index in [0.29, 0.717) is 23.2 Å².